The first-order chi connectivity index (χ1) is 13.1. The van der Waals surface area contributed by atoms with E-state index in [-0.39, 0.29) is 0 Å². The number of benzene rings is 1. The molecule has 5 nitrogen and oxygen atoms in total. The van der Waals surface area contributed by atoms with Crippen molar-refractivity contribution in [3.63, 3.8) is 0 Å². The second-order valence-corrected chi connectivity index (χ2v) is 7.91. The van der Waals surface area contributed by atoms with Crippen molar-refractivity contribution in [1.82, 2.24) is 19.3 Å². The van der Waals surface area contributed by atoms with Crippen LogP contribution in [0.2, 0.25) is 0 Å². The first kappa shape index (κ1) is 17.7. The van der Waals surface area contributed by atoms with Gasteiger partial charge in [0.1, 0.15) is 5.65 Å². The zero-order chi connectivity index (χ0) is 18.8. The van der Waals surface area contributed by atoms with Crippen LogP contribution < -0.4 is 5.32 Å². The van der Waals surface area contributed by atoms with Crippen LogP contribution in [0, 0.1) is 6.92 Å². The summed E-state index contributed by atoms with van der Waals surface area (Å²) in [4.78, 5) is 12.4. The second kappa shape index (κ2) is 7.50. The molecule has 27 heavy (non-hydrogen) atoms. The van der Waals surface area contributed by atoms with Gasteiger partial charge in [0, 0.05) is 49.0 Å². The molecule has 0 fully saturated rings. The third-order valence-electron chi connectivity index (χ3n) is 4.55. The standard InChI is InChI=1S/C21H23N5S/c1-15-6-4-5-7-17(15)18-12-16(14-26-11-9-22-20(18)26)19-13-24-21(27-19)23-8-10-25(2)3/h4-7,9,11-14H,8,10H2,1-3H3,(H,23,24). The summed E-state index contributed by atoms with van der Waals surface area (Å²) in [5, 5.41) is 4.35. The molecule has 4 aromatic rings. The molecule has 0 bridgehead atoms. The molecule has 0 spiro atoms. The predicted octanol–water partition coefficient (Wildman–Crippen LogP) is 4.41. The molecule has 0 atom stereocenters. The van der Waals surface area contributed by atoms with Crippen molar-refractivity contribution in [1.29, 1.82) is 0 Å². The fourth-order valence-corrected chi connectivity index (χ4v) is 3.94. The third kappa shape index (κ3) is 3.72. The highest BCUT2D eigenvalue weighted by Gasteiger charge is 2.12. The molecule has 0 aliphatic heterocycles. The highest BCUT2D eigenvalue weighted by Crippen LogP contribution is 2.34. The minimum Gasteiger partial charge on any atom is -0.360 e. The van der Waals surface area contributed by atoms with E-state index in [0.717, 1.165) is 39.9 Å². The van der Waals surface area contributed by atoms with Gasteiger partial charge < -0.3 is 14.6 Å². The zero-order valence-electron chi connectivity index (χ0n) is 15.8. The van der Waals surface area contributed by atoms with Gasteiger partial charge in [0.15, 0.2) is 5.13 Å². The maximum Gasteiger partial charge on any atom is 0.183 e. The van der Waals surface area contributed by atoms with Crippen LogP contribution in [-0.2, 0) is 0 Å². The second-order valence-electron chi connectivity index (χ2n) is 6.88. The highest BCUT2D eigenvalue weighted by molar-refractivity contribution is 7.18. The molecule has 0 saturated carbocycles. The Morgan fingerprint density at radius 2 is 2.00 bits per heavy atom. The lowest BCUT2D eigenvalue weighted by Gasteiger charge is -2.10. The molecule has 0 aliphatic rings. The van der Waals surface area contributed by atoms with Gasteiger partial charge in [-0.3, -0.25) is 0 Å². The SMILES string of the molecule is Cc1ccccc1-c1cc(-c2cnc(NCCN(C)C)s2)cn2ccnc12. The summed E-state index contributed by atoms with van der Waals surface area (Å²) in [6.07, 6.45) is 7.92. The Kier molecular flexibility index (Phi) is 4.92. The average molecular weight is 378 g/mol. The number of rotatable bonds is 6. The summed E-state index contributed by atoms with van der Waals surface area (Å²) in [5.74, 6) is 0. The number of anilines is 1. The van der Waals surface area contributed by atoms with Gasteiger partial charge in [0.25, 0.3) is 0 Å². The Hall–Kier alpha value is -2.70. The van der Waals surface area contributed by atoms with Crippen molar-refractivity contribution in [3.05, 3.63) is 60.7 Å². The fraction of sp³-hybridized carbons (Fsp3) is 0.238. The van der Waals surface area contributed by atoms with E-state index in [1.165, 1.54) is 11.1 Å². The summed E-state index contributed by atoms with van der Waals surface area (Å²) in [6, 6.07) is 10.7. The van der Waals surface area contributed by atoms with Gasteiger partial charge >= 0.3 is 0 Å². The first-order valence-electron chi connectivity index (χ1n) is 8.99. The van der Waals surface area contributed by atoms with Gasteiger partial charge in [-0.25, -0.2) is 9.97 Å². The van der Waals surface area contributed by atoms with E-state index < -0.39 is 0 Å². The normalized spacial score (nSPS) is 11.4. The van der Waals surface area contributed by atoms with Crippen LogP contribution >= 0.6 is 11.3 Å². The smallest absolute Gasteiger partial charge is 0.183 e. The van der Waals surface area contributed by atoms with Crippen molar-refractivity contribution < 1.29 is 0 Å². The van der Waals surface area contributed by atoms with Crippen LogP contribution in [0.25, 0.3) is 27.2 Å². The fourth-order valence-electron chi connectivity index (χ4n) is 3.12. The van der Waals surface area contributed by atoms with Gasteiger partial charge in [-0.15, -0.1) is 0 Å². The van der Waals surface area contributed by atoms with Crippen LogP contribution in [0.1, 0.15) is 5.56 Å². The minimum atomic E-state index is 0.884. The number of likely N-dealkylation sites (N-methyl/N-ethyl adjacent to an activating group) is 1. The van der Waals surface area contributed by atoms with Gasteiger partial charge in [0.2, 0.25) is 0 Å². The van der Waals surface area contributed by atoms with E-state index >= 15 is 0 Å². The number of fused-ring (bicyclic) bond motifs is 1. The largest absolute Gasteiger partial charge is 0.360 e. The number of hydrogen-bond acceptors (Lipinski definition) is 5. The van der Waals surface area contributed by atoms with E-state index in [1.807, 2.05) is 18.6 Å². The number of aromatic nitrogens is 3. The number of hydrogen-bond donors (Lipinski definition) is 1. The van der Waals surface area contributed by atoms with E-state index in [9.17, 15) is 0 Å². The quantitative estimate of drug-likeness (QED) is 0.541. The Morgan fingerprint density at radius 3 is 2.81 bits per heavy atom. The summed E-state index contributed by atoms with van der Waals surface area (Å²) in [7, 11) is 4.14. The Bertz CT molecular complexity index is 1060. The molecule has 4 rings (SSSR count). The van der Waals surface area contributed by atoms with Crippen LogP contribution in [-0.4, -0.2) is 46.5 Å². The maximum absolute atomic E-state index is 4.57. The summed E-state index contributed by atoms with van der Waals surface area (Å²) in [5.41, 5.74) is 5.73. The lowest BCUT2D eigenvalue weighted by atomic mass is 10.00. The number of nitrogens with one attached hydrogen (secondary N) is 1. The van der Waals surface area contributed by atoms with Crippen molar-refractivity contribution in [2.45, 2.75) is 6.92 Å². The van der Waals surface area contributed by atoms with Crippen molar-refractivity contribution in [3.8, 4) is 21.6 Å². The molecule has 0 saturated heterocycles. The molecule has 1 N–H and O–H groups in total. The topological polar surface area (TPSA) is 45.5 Å². The van der Waals surface area contributed by atoms with Crippen LogP contribution in [0.15, 0.2) is 55.1 Å². The zero-order valence-corrected chi connectivity index (χ0v) is 16.6. The molecule has 0 radical (unpaired) electrons. The Balaban J connectivity index is 1.71. The number of aryl methyl sites for hydroxylation is 1. The van der Waals surface area contributed by atoms with E-state index in [4.69, 9.17) is 0 Å². The average Bonchev–Trinajstić information content (AvgIpc) is 3.30. The van der Waals surface area contributed by atoms with Gasteiger partial charge in [0.05, 0.1) is 4.88 Å². The van der Waals surface area contributed by atoms with Crippen molar-refractivity contribution in [2.24, 2.45) is 0 Å². The van der Waals surface area contributed by atoms with E-state index in [1.54, 1.807) is 11.3 Å². The summed E-state index contributed by atoms with van der Waals surface area (Å²) < 4.78 is 2.09. The number of pyridine rings is 1. The molecule has 0 unspecified atom stereocenters. The Labute approximate surface area is 163 Å². The highest BCUT2D eigenvalue weighted by atomic mass is 32.1. The molecule has 0 aliphatic carbocycles. The van der Waals surface area contributed by atoms with E-state index in [0.29, 0.717) is 0 Å². The minimum absolute atomic E-state index is 0.884. The number of imidazole rings is 1. The molecular formula is C21H23N5S. The van der Waals surface area contributed by atoms with Crippen molar-refractivity contribution in [2.75, 3.05) is 32.5 Å². The molecule has 3 heterocycles. The monoisotopic (exact) mass is 377 g/mol. The molecule has 3 aromatic heterocycles. The Morgan fingerprint density at radius 1 is 1.15 bits per heavy atom. The number of nitrogens with zero attached hydrogens (tertiary/aromatic N) is 4. The van der Waals surface area contributed by atoms with Crippen LogP contribution in [0.5, 0.6) is 0 Å². The molecule has 0 amide bonds. The van der Waals surface area contributed by atoms with Crippen LogP contribution in [0.4, 0.5) is 5.13 Å². The molecular weight excluding hydrogens is 354 g/mol. The molecule has 1 aromatic carbocycles. The predicted molar refractivity (Wildman–Crippen MR) is 114 cm³/mol. The van der Waals surface area contributed by atoms with Crippen molar-refractivity contribution >= 4 is 22.1 Å². The van der Waals surface area contributed by atoms with Gasteiger partial charge in [-0.2, -0.15) is 0 Å². The third-order valence-corrected chi connectivity index (χ3v) is 5.55. The van der Waals surface area contributed by atoms with Gasteiger partial charge in [-0.1, -0.05) is 35.6 Å². The lowest BCUT2D eigenvalue weighted by molar-refractivity contribution is 0.425. The molecule has 6 heteroatoms. The lowest BCUT2D eigenvalue weighted by Crippen LogP contribution is -2.20. The maximum atomic E-state index is 4.57. The van der Waals surface area contributed by atoms with Gasteiger partial charge in [-0.05, 0) is 38.2 Å². The first-order valence-corrected chi connectivity index (χ1v) is 9.81. The summed E-state index contributed by atoms with van der Waals surface area (Å²) in [6.45, 7) is 4.00. The van der Waals surface area contributed by atoms with E-state index in [2.05, 4.69) is 82.1 Å². The number of thiazole rings is 1. The summed E-state index contributed by atoms with van der Waals surface area (Å²) >= 11 is 1.68. The van der Waals surface area contributed by atoms with Crippen LogP contribution in [0.3, 0.4) is 0 Å². The molecule has 138 valence electrons.